The van der Waals surface area contributed by atoms with Gasteiger partial charge >= 0.3 is 0 Å². The Bertz CT molecular complexity index is 1420. The molecule has 2 N–H and O–H groups in total. The third kappa shape index (κ3) is 5.45. The summed E-state index contributed by atoms with van der Waals surface area (Å²) in [6.45, 7) is 2.03. The van der Waals surface area contributed by atoms with Crippen molar-refractivity contribution >= 4 is 27.5 Å². The van der Waals surface area contributed by atoms with Gasteiger partial charge in [-0.2, -0.15) is 4.72 Å². The van der Waals surface area contributed by atoms with Crippen LogP contribution in [0.15, 0.2) is 77.7 Å². The first-order chi connectivity index (χ1) is 17.8. The molecular formula is C29H31N3O4S. The van der Waals surface area contributed by atoms with Gasteiger partial charge in [0.25, 0.3) is 0 Å². The van der Waals surface area contributed by atoms with Crippen LogP contribution < -0.4 is 14.9 Å². The molecule has 37 heavy (non-hydrogen) atoms. The number of rotatable bonds is 7. The lowest BCUT2D eigenvalue weighted by Gasteiger charge is -2.28. The zero-order valence-corrected chi connectivity index (χ0v) is 21.6. The second kappa shape index (κ2) is 10.5. The van der Waals surface area contributed by atoms with Gasteiger partial charge in [0.2, 0.25) is 21.8 Å². The van der Waals surface area contributed by atoms with Gasteiger partial charge in [-0.3, -0.25) is 9.59 Å². The lowest BCUT2D eigenvalue weighted by Crippen LogP contribution is -2.49. The van der Waals surface area contributed by atoms with Crippen LogP contribution in [0.5, 0.6) is 0 Å². The summed E-state index contributed by atoms with van der Waals surface area (Å²) in [4.78, 5) is 27.2. The Labute approximate surface area is 217 Å². The maximum absolute atomic E-state index is 13.6. The number of carbonyl (C=O) groups is 2. The molecule has 2 unspecified atom stereocenters. The monoisotopic (exact) mass is 517 g/mol. The van der Waals surface area contributed by atoms with E-state index in [1.54, 1.807) is 17.0 Å². The Morgan fingerprint density at radius 1 is 0.973 bits per heavy atom. The molecule has 0 saturated carbocycles. The predicted octanol–water partition coefficient (Wildman–Crippen LogP) is 3.68. The summed E-state index contributed by atoms with van der Waals surface area (Å²) in [6, 6.07) is 21.1. The van der Waals surface area contributed by atoms with Crippen LogP contribution in [0.25, 0.3) is 0 Å². The Morgan fingerprint density at radius 2 is 1.73 bits per heavy atom. The fraction of sp³-hybridized carbons (Fsp3) is 0.310. The molecule has 3 aromatic rings. The van der Waals surface area contributed by atoms with Gasteiger partial charge in [-0.25, -0.2) is 8.42 Å². The Morgan fingerprint density at radius 3 is 2.51 bits per heavy atom. The maximum atomic E-state index is 13.6. The number of fused-ring (bicyclic) bond motifs is 2. The highest BCUT2D eigenvalue weighted by Crippen LogP contribution is 2.31. The quantitative estimate of drug-likeness (QED) is 0.500. The SMILES string of the molecule is CC(=O)N1CCc2cc(S(=O)(=O)NC(Cc3ccccc3)C(=O)NC3CCCc4ccccc43)ccc21. The summed E-state index contributed by atoms with van der Waals surface area (Å²) in [7, 11) is -4.00. The molecule has 2 aliphatic rings. The Balaban J connectivity index is 1.40. The van der Waals surface area contributed by atoms with E-state index in [1.807, 2.05) is 48.5 Å². The van der Waals surface area contributed by atoms with Gasteiger partial charge in [0.05, 0.1) is 10.9 Å². The number of sulfonamides is 1. The van der Waals surface area contributed by atoms with Crippen LogP contribution in [0.1, 0.15) is 48.1 Å². The molecule has 1 aliphatic heterocycles. The largest absolute Gasteiger partial charge is 0.348 e. The molecule has 2 atom stereocenters. The highest BCUT2D eigenvalue weighted by atomic mass is 32.2. The van der Waals surface area contributed by atoms with E-state index in [9.17, 15) is 18.0 Å². The number of nitrogens with one attached hydrogen (secondary N) is 2. The summed E-state index contributed by atoms with van der Waals surface area (Å²) in [5.41, 5.74) is 4.72. The van der Waals surface area contributed by atoms with E-state index in [1.165, 1.54) is 18.6 Å². The molecule has 0 saturated heterocycles. The van der Waals surface area contributed by atoms with Gasteiger partial charge in [0.1, 0.15) is 6.04 Å². The summed E-state index contributed by atoms with van der Waals surface area (Å²) in [5.74, 6) is -0.422. The molecule has 1 aliphatic carbocycles. The molecule has 0 fully saturated rings. The molecule has 3 aromatic carbocycles. The van der Waals surface area contributed by atoms with E-state index in [0.29, 0.717) is 13.0 Å². The molecule has 7 nitrogen and oxygen atoms in total. The second-order valence-corrected chi connectivity index (χ2v) is 11.4. The smallest absolute Gasteiger partial charge is 0.241 e. The number of hydrogen-bond acceptors (Lipinski definition) is 4. The molecular weight excluding hydrogens is 486 g/mol. The van der Waals surface area contributed by atoms with Gasteiger partial charge in [-0.05, 0) is 72.6 Å². The predicted molar refractivity (Wildman–Crippen MR) is 143 cm³/mol. The lowest BCUT2D eigenvalue weighted by atomic mass is 9.87. The van der Waals surface area contributed by atoms with Gasteiger partial charge in [-0.1, -0.05) is 54.6 Å². The molecule has 192 valence electrons. The fourth-order valence-corrected chi connectivity index (χ4v) is 6.59. The van der Waals surface area contributed by atoms with Crippen LogP contribution in [0.3, 0.4) is 0 Å². The number of carbonyl (C=O) groups excluding carboxylic acids is 2. The normalized spacial score (nSPS) is 17.5. The van der Waals surface area contributed by atoms with Gasteiger partial charge in [-0.15, -0.1) is 0 Å². The number of hydrogen-bond donors (Lipinski definition) is 2. The Hall–Kier alpha value is -3.49. The topological polar surface area (TPSA) is 95.6 Å². The van der Waals surface area contributed by atoms with Gasteiger partial charge < -0.3 is 10.2 Å². The van der Waals surface area contributed by atoms with E-state index in [4.69, 9.17) is 0 Å². The van der Waals surface area contributed by atoms with Crippen LogP contribution in [0.4, 0.5) is 5.69 Å². The van der Waals surface area contributed by atoms with Crippen LogP contribution in [0.2, 0.25) is 0 Å². The number of nitrogens with zero attached hydrogens (tertiary/aromatic N) is 1. The lowest BCUT2D eigenvalue weighted by molar-refractivity contribution is -0.123. The van der Waals surface area contributed by atoms with Gasteiger partial charge in [0.15, 0.2) is 0 Å². The third-order valence-electron chi connectivity index (χ3n) is 7.22. The molecule has 0 bridgehead atoms. The number of amides is 2. The average Bonchev–Trinajstić information content (AvgIpc) is 3.33. The van der Waals surface area contributed by atoms with Crippen molar-refractivity contribution in [2.24, 2.45) is 0 Å². The minimum absolute atomic E-state index is 0.0728. The van der Waals surface area contributed by atoms with Crippen LogP contribution in [0, 0.1) is 0 Å². The zero-order chi connectivity index (χ0) is 26.0. The average molecular weight is 518 g/mol. The van der Waals surface area contributed by atoms with Crippen molar-refractivity contribution in [1.29, 1.82) is 0 Å². The summed E-state index contributed by atoms with van der Waals surface area (Å²) in [6.07, 6.45) is 3.56. The van der Waals surface area contributed by atoms with Crippen LogP contribution in [-0.2, 0) is 38.9 Å². The van der Waals surface area contributed by atoms with E-state index >= 15 is 0 Å². The van der Waals surface area contributed by atoms with Crippen molar-refractivity contribution in [3.05, 3.63) is 95.1 Å². The minimum Gasteiger partial charge on any atom is -0.348 e. The van der Waals surface area contributed by atoms with Crippen LogP contribution >= 0.6 is 0 Å². The molecule has 0 spiro atoms. The molecule has 0 radical (unpaired) electrons. The first-order valence-corrected chi connectivity index (χ1v) is 14.2. The molecule has 1 heterocycles. The minimum atomic E-state index is -4.00. The number of aryl methyl sites for hydroxylation is 1. The molecule has 0 aromatic heterocycles. The summed E-state index contributed by atoms with van der Waals surface area (Å²) < 4.78 is 29.6. The van der Waals surface area contributed by atoms with Crippen LogP contribution in [-0.4, -0.2) is 32.8 Å². The van der Waals surface area contributed by atoms with Crippen molar-refractivity contribution in [2.75, 3.05) is 11.4 Å². The molecule has 2 amide bonds. The van der Waals surface area contributed by atoms with Crippen molar-refractivity contribution in [3.8, 4) is 0 Å². The zero-order valence-electron chi connectivity index (χ0n) is 20.8. The highest BCUT2D eigenvalue weighted by Gasteiger charge is 2.31. The van der Waals surface area contributed by atoms with Crippen molar-refractivity contribution < 1.29 is 18.0 Å². The van der Waals surface area contributed by atoms with Crippen molar-refractivity contribution in [2.45, 2.75) is 56.0 Å². The number of benzene rings is 3. The van der Waals surface area contributed by atoms with Crippen molar-refractivity contribution in [3.63, 3.8) is 0 Å². The Kier molecular flexibility index (Phi) is 7.13. The highest BCUT2D eigenvalue weighted by molar-refractivity contribution is 7.89. The summed E-state index contributed by atoms with van der Waals surface area (Å²) >= 11 is 0. The first kappa shape index (κ1) is 25.2. The van der Waals surface area contributed by atoms with E-state index in [0.717, 1.165) is 41.6 Å². The number of anilines is 1. The van der Waals surface area contributed by atoms with E-state index in [-0.39, 0.29) is 29.2 Å². The third-order valence-corrected chi connectivity index (χ3v) is 8.69. The van der Waals surface area contributed by atoms with Gasteiger partial charge in [0, 0.05) is 19.2 Å². The maximum Gasteiger partial charge on any atom is 0.241 e. The summed E-state index contributed by atoms with van der Waals surface area (Å²) in [5, 5.41) is 3.12. The van der Waals surface area contributed by atoms with Crippen molar-refractivity contribution in [1.82, 2.24) is 10.0 Å². The van der Waals surface area contributed by atoms with E-state index < -0.39 is 16.1 Å². The second-order valence-electron chi connectivity index (χ2n) is 9.73. The fourth-order valence-electron chi connectivity index (χ4n) is 5.34. The van der Waals surface area contributed by atoms with E-state index in [2.05, 4.69) is 16.1 Å². The standard InChI is InChI=1S/C29H31N3O4S/c1-20(33)32-17-16-23-19-24(14-15-28(23)32)37(35,36)31-27(18-21-8-3-2-4-9-21)29(34)30-26-13-7-11-22-10-5-6-12-25(22)26/h2-6,8-10,12,14-15,19,26-27,31H,7,11,13,16-18H2,1H3,(H,30,34). The first-order valence-electron chi connectivity index (χ1n) is 12.7. The molecule has 8 heteroatoms. The molecule has 5 rings (SSSR count).